The molecule has 1 amide bonds. The van der Waals surface area contributed by atoms with Crippen LogP contribution in [0.4, 0.5) is 11.4 Å². The van der Waals surface area contributed by atoms with Crippen molar-refractivity contribution < 1.29 is 14.5 Å². The first kappa shape index (κ1) is 15.5. The van der Waals surface area contributed by atoms with Crippen molar-refractivity contribution in [3.05, 3.63) is 64.7 Å². The molecule has 6 heteroatoms. The van der Waals surface area contributed by atoms with Crippen LogP contribution < -0.4 is 9.64 Å². The fourth-order valence-electron chi connectivity index (χ4n) is 1.95. The molecule has 0 aliphatic carbocycles. The Balaban J connectivity index is 2.03. The van der Waals surface area contributed by atoms with Gasteiger partial charge in [-0.05, 0) is 31.2 Å². The molecule has 0 bridgehead atoms. The van der Waals surface area contributed by atoms with Crippen molar-refractivity contribution in [3.63, 3.8) is 0 Å². The van der Waals surface area contributed by atoms with Crippen molar-refractivity contribution in [1.29, 1.82) is 0 Å². The number of benzene rings is 2. The number of hydrogen-bond acceptors (Lipinski definition) is 4. The maximum Gasteiger partial charge on any atom is 0.269 e. The lowest BCUT2D eigenvalue weighted by molar-refractivity contribution is -0.384. The number of nitro groups is 1. The molecule has 6 nitrogen and oxygen atoms in total. The van der Waals surface area contributed by atoms with Gasteiger partial charge in [0.25, 0.3) is 11.6 Å². The maximum atomic E-state index is 12.3. The van der Waals surface area contributed by atoms with Crippen LogP contribution in [0.1, 0.15) is 6.92 Å². The van der Waals surface area contributed by atoms with E-state index in [9.17, 15) is 14.9 Å². The van der Waals surface area contributed by atoms with Crippen LogP contribution in [0.15, 0.2) is 54.6 Å². The van der Waals surface area contributed by atoms with Crippen LogP contribution >= 0.6 is 0 Å². The predicted molar refractivity (Wildman–Crippen MR) is 83.0 cm³/mol. The lowest BCUT2D eigenvalue weighted by Gasteiger charge is -2.22. The molecule has 22 heavy (non-hydrogen) atoms. The highest BCUT2D eigenvalue weighted by Gasteiger charge is 2.20. The Morgan fingerprint density at radius 1 is 1.14 bits per heavy atom. The fourth-order valence-corrected chi connectivity index (χ4v) is 1.95. The Morgan fingerprint density at radius 2 is 1.73 bits per heavy atom. The normalized spacial score (nSPS) is 11.5. The monoisotopic (exact) mass is 300 g/mol. The van der Waals surface area contributed by atoms with Crippen LogP contribution in [0, 0.1) is 10.1 Å². The Labute approximate surface area is 128 Å². The van der Waals surface area contributed by atoms with E-state index in [1.807, 2.05) is 30.3 Å². The van der Waals surface area contributed by atoms with Crippen molar-refractivity contribution in [2.75, 3.05) is 11.9 Å². The number of amides is 1. The molecule has 0 heterocycles. The molecule has 0 spiro atoms. The van der Waals surface area contributed by atoms with Gasteiger partial charge in [0.2, 0.25) is 0 Å². The summed E-state index contributed by atoms with van der Waals surface area (Å²) in [6, 6.07) is 14.9. The summed E-state index contributed by atoms with van der Waals surface area (Å²) in [5, 5.41) is 10.6. The highest BCUT2D eigenvalue weighted by molar-refractivity contribution is 5.95. The molecular formula is C16H16N2O4. The molecule has 0 aliphatic rings. The van der Waals surface area contributed by atoms with Crippen LogP contribution in [-0.2, 0) is 4.79 Å². The van der Waals surface area contributed by atoms with Crippen molar-refractivity contribution in [2.24, 2.45) is 0 Å². The third kappa shape index (κ3) is 3.60. The minimum atomic E-state index is -0.702. The predicted octanol–water partition coefficient (Wildman–Crippen LogP) is 3.03. The number of nitrogens with zero attached hydrogens (tertiary/aromatic N) is 2. The van der Waals surface area contributed by atoms with E-state index in [0.29, 0.717) is 5.75 Å². The van der Waals surface area contributed by atoms with Gasteiger partial charge in [0, 0.05) is 24.9 Å². The summed E-state index contributed by atoms with van der Waals surface area (Å²) in [7, 11) is 1.67. The Kier molecular flexibility index (Phi) is 4.73. The molecule has 0 saturated carbocycles. The van der Waals surface area contributed by atoms with Crippen molar-refractivity contribution in [2.45, 2.75) is 13.0 Å². The quantitative estimate of drug-likeness (QED) is 0.628. The zero-order valence-electron chi connectivity index (χ0n) is 12.3. The van der Waals surface area contributed by atoms with Crippen LogP contribution in [-0.4, -0.2) is 24.0 Å². The zero-order chi connectivity index (χ0) is 16.1. The molecule has 2 aromatic rings. The zero-order valence-corrected chi connectivity index (χ0v) is 12.3. The van der Waals surface area contributed by atoms with E-state index < -0.39 is 11.0 Å². The molecule has 114 valence electrons. The van der Waals surface area contributed by atoms with Gasteiger partial charge in [-0.25, -0.2) is 0 Å². The Hall–Kier alpha value is -2.89. The van der Waals surface area contributed by atoms with Gasteiger partial charge < -0.3 is 9.64 Å². The topological polar surface area (TPSA) is 72.7 Å². The SMILES string of the molecule is CC(Oc1ccc([N+](=O)[O-])cc1)C(=O)N(C)c1ccccc1. The molecule has 1 atom stereocenters. The largest absolute Gasteiger partial charge is 0.481 e. The number of rotatable bonds is 5. The maximum absolute atomic E-state index is 12.3. The number of non-ortho nitro benzene ring substituents is 1. The van der Waals surface area contributed by atoms with Crippen molar-refractivity contribution in [3.8, 4) is 5.75 Å². The van der Waals surface area contributed by atoms with Gasteiger partial charge in [-0.3, -0.25) is 14.9 Å². The first-order chi connectivity index (χ1) is 10.5. The molecule has 2 rings (SSSR count). The molecule has 1 unspecified atom stereocenters. The van der Waals surface area contributed by atoms with Gasteiger partial charge in [-0.2, -0.15) is 0 Å². The van der Waals surface area contributed by atoms with E-state index in [1.54, 1.807) is 14.0 Å². The average Bonchev–Trinajstić information content (AvgIpc) is 2.54. The molecule has 0 N–H and O–H groups in total. The van der Waals surface area contributed by atoms with Crippen LogP contribution in [0.2, 0.25) is 0 Å². The number of anilines is 1. The summed E-state index contributed by atoms with van der Waals surface area (Å²) < 4.78 is 5.54. The minimum Gasteiger partial charge on any atom is -0.481 e. The lowest BCUT2D eigenvalue weighted by atomic mass is 10.2. The van der Waals surface area contributed by atoms with Gasteiger partial charge in [0.05, 0.1) is 4.92 Å². The summed E-state index contributed by atoms with van der Waals surface area (Å²) in [5.41, 5.74) is 0.749. The van der Waals surface area contributed by atoms with E-state index in [4.69, 9.17) is 4.74 Å². The average molecular weight is 300 g/mol. The van der Waals surface area contributed by atoms with Gasteiger partial charge in [-0.1, -0.05) is 18.2 Å². The molecule has 0 fully saturated rings. The second kappa shape index (κ2) is 6.71. The summed E-state index contributed by atoms with van der Waals surface area (Å²) >= 11 is 0. The standard InChI is InChI=1S/C16H16N2O4/c1-12(16(19)17(2)13-6-4-3-5-7-13)22-15-10-8-14(9-11-15)18(20)21/h3-12H,1-2H3. The summed E-state index contributed by atoms with van der Waals surface area (Å²) in [5.74, 6) is 0.206. The second-order valence-corrected chi connectivity index (χ2v) is 4.74. The van der Waals surface area contributed by atoms with Crippen LogP contribution in [0.3, 0.4) is 0 Å². The van der Waals surface area contributed by atoms with Gasteiger partial charge in [-0.15, -0.1) is 0 Å². The number of ether oxygens (including phenoxy) is 1. The van der Waals surface area contributed by atoms with E-state index in [1.165, 1.54) is 29.2 Å². The summed E-state index contributed by atoms with van der Waals surface area (Å²) in [6.07, 6.45) is -0.702. The highest BCUT2D eigenvalue weighted by Crippen LogP contribution is 2.19. The number of carbonyl (C=O) groups is 1. The Bertz CT molecular complexity index is 656. The third-order valence-corrected chi connectivity index (χ3v) is 3.18. The van der Waals surface area contributed by atoms with Gasteiger partial charge in [0.1, 0.15) is 5.75 Å². The summed E-state index contributed by atoms with van der Waals surface area (Å²) in [6.45, 7) is 1.64. The number of para-hydroxylation sites is 1. The van der Waals surface area contributed by atoms with Gasteiger partial charge >= 0.3 is 0 Å². The number of carbonyl (C=O) groups excluding carboxylic acids is 1. The first-order valence-corrected chi connectivity index (χ1v) is 6.73. The molecule has 0 radical (unpaired) electrons. The highest BCUT2D eigenvalue weighted by atomic mass is 16.6. The molecular weight excluding hydrogens is 284 g/mol. The first-order valence-electron chi connectivity index (χ1n) is 6.73. The van der Waals surface area contributed by atoms with Crippen molar-refractivity contribution in [1.82, 2.24) is 0 Å². The van der Waals surface area contributed by atoms with Crippen molar-refractivity contribution >= 4 is 17.3 Å². The van der Waals surface area contributed by atoms with E-state index in [0.717, 1.165) is 5.69 Å². The smallest absolute Gasteiger partial charge is 0.269 e. The minimum absolute atomic E-state index is 0.0206. The molecule has 0 saturated heterocycles. The van der Waals surface area contributed by atoms with Crippen LogP contribution in [0.25, 0.3) is 0 Å². The second-order valence-electron chi connectivity index (χ2n) is 4.74. The van der Waals surface area contributed by atoms with E-state index in [-0.39, 0.29) is 11.6 Å². The van der Waals surface area contributed by atoms with Crippen LogP contribution in [0.5, 0.6) is 5.75 Å². The molecule has 2 aromatic carbocycles. The Morgan fingerprint density at radius 3 is 2.27 bits per heavy atom. The summed E-state index contributed by atoms with van der Waals surface area (Å²) in [4.78, 5) is 23.9. The molecule has 0 aliphatic heterocycles. The van der Waals surface area contributed by atoms with E-state index >= 15 is 0 Å². The number of nitro benzene ring substituents is 1. The number of hydrogen-bond donors (Lipinski definition) is 0. The lowest BCUT2D eigenvalue weighted by Crippen LogP contribution is -2.37. The fraction of sp³-hybridized carbons (Fsp3) is 0.188. The van der Waals surface area contributed by atoms with E-state index in [2.05, 4.69) is 0 Å². The van der Waals surface area contributed by atoms with Gasteiger partial charge in [0.15, 0.2) is 6.10 Å². The number of likely N-dealkylation sites (N-methyl/N-ethyl adjacent to an activating group) is 1. The third-order valence-electron chi connectivity index (χ3n) is 3.18. The molecule has 0 aromatic heterocycles.